The Hall–Kier alpha value is -3.91. The number of hydrogen-bond donors (Lipinski definition) is 3. The predicted octanol–water partition coefficient (Wildman–Crippen LogP) is 6.04. The van der Waals surface area contributed by atoms with Crippen molar-refractivity contribution in [3.8, 4) is 0 Å². The highest BCUT2D eigenvalue weighted by atomic mass is 16.2. The molecule has 1 atom stereocenters. The second kappa shape index (κ2) is 14.1. The first-order valence-electron chi connectivity index (χ1n) is 13.1. The summed E-state index contributed by atoms with van der Waals surface area (Å²) in [6.45, 7) is 13.0. The van der Waals surface area contributed by atoms with E-state index in [0.29, 0.717) is 30.5 Å². The largest absolute Gasteiger partial charge is 0.316 e. The molecule has 0 saturated heterocycles. The Balaban J connectivity index is 1.43. The fraction of sp³-hybridized carbons (Fsp3) is 0.367. The third-order valence-corrected chi connectivity index (χ3v) is 6.09. The maximum Gasteiger partial charge on any atom is 0.226 e. The van der Waals surface area contributed by atoms with Crippen LogP contribution in [0.5, 0.6) is 0 Å². The molecular formula is C30H38N6O2. The lowest BCUT2D eigenvalue weighted by Crippen LogP contribution is -2.26. The summed E-state index contributed by atoms with van der Waals surface area (Å²) in [5.41, 5.74) is 4.86. The van der Waals surface area contributed by atoms with Gasteiger partial charge in [-0.1, -0.05) is 50.3 Å². The first-order chi connectivity index (χ1) is 18.2. The van der Waals surface area contributed by atoms with Crippen LogP contribution in [0.15, 0.2) is 53.6 Å². The fourth-order valence-corrected chi connectivity index (χ4v) is 3.79. The number of pyridine rings is 2. The smallest absolute Gasteiger partial charge is 0.226 e. The molecule has 1 unspecified atom stereocenters. The Labute approximate surface area is 225 Å². The number of carbonyl (C=O) groups excluding carboxylic acids is 2. The van der Waals surface area contributed by atoms with Crippen molar-refractivity contribution in [3.63, 3.8) is 0 Å². The van der Waals surface area contributed by atoms with Crippen LogP contribution in [0.25, 0.3) is 12.2 Å². The monoisotopic (exact) mass is 514 g/mol. The quantitative estimate of drug-likeness (QED) is 0.237. The molecule has 0 aromatic carbocycles. The lowest BCUT2D eigenvalue weighted by atomic mass is 9.98. The maximum atomic E-state index is 12.4. The molecule has 0 fully saturated rings. The van der Waals surface area contributed by atoms with Gasteiger partial charge >= 0.3 is 0 Å². The van der Waals surface area contributed by atoms with E-state index in [-0.39, 0.29) is 30.6 Å². The average Bonchev–Trinajstić information content (AvgIpc) is 3.07. The van der Waals surface area contributed by atoms with Crippen molar-refractivity contribution in [1.29, 1.82) is 0 Å². The molecule has 200 valence electrons. The Morgan fingerprint density at radius 2 is 1.71 bits per heavy atom. The highest BCUT2D eigenvalue weighted by Crippen LogP contribution is 2.25. The zero-order valence-corrected chi connectivity index (χ0v) is 22.8. The third kappa shape index (κ3) is 8.88. The molecule has 2 amide bonds. The Bertz CT molecular complexity index is 1260. The van der Waals surface area contributed by atoms with Gasteiger partial charge in [0.2, 0.25) is 11.8 Å². The Morgan fingerprint density at radius 1 is 1.05 bits per heavy atom. The summed E-state index contributed by atoms with van der Waals surface area (Å²) in [6, 6.07) is 7.47. The minimum atomic E-state index is -0.151. The first kappa shape index (κ1) is 28.7. The van der Waals surface area contributed by atoms with E-state index in [4.69, 9.17) is 4.98 Å². The van der Waals surface area contributed by atoms with Crippen LogP contribution in [-0.2, 0) is 9.59 Å². The molecule has 8 nitrogen and oxygen atoms in total. The molecule has 0 radical (unpaired) electrons. The number of nitrogens with zero attached hydrogens (tertiary/aromatic N) is 3. The molecular weight excluding hydrogens is 476 g/mol. The number of anilines is 2. The third-order valence-electron chi connectivity index (χ3n) is 6.09. The van der Waals surface area contributed by atoms with Gasteiger partial charge in [0.15, 0.2) is 5.82 Å². The van der Waals surface area contributed by atoms with Crippen molar-refractivity contribution >= 4 is 47.1 Å². The van der Waals surface area contributed by atoms with Gasteiger partial charge in [-0.2, -0.15) is 0 Å². The normalized spacial score (nSPS) is 13.4. The van der Waals surface area contributed by atoms with E-state index in [2.05, 4.69) is 52.4 Å². The van der Waals surface area contributed by atoms with Gasteiger partial charge < -0.3 is 16.0 Å². The topological polar surface area (TPSA) is 108 Å². The van der Waals surface area contributed by atoms with Gasteiger partial charge in [0, 0.05) is 43.6 Å². The van der Waals surface area contributed by atoms with E-state index >= 15 is 0 Å². The Morgan fingerprint density at radius 3 is 2.37 bits per heavy atom. The molecule has 1 aliphatic rings. The number of fused-ring (bicyclic) bond motifs is 1. The van der Waals surface area contributed by atoms with Crippen LogP contribution in [0.2, 0.25) is 0 Å². The SMILES string of the molecule is C=C(C)/C=C\c1ccc(NC(=O)CCNCCC(=O)Nc2ccc3c(n2)N=C(C)CC=C3)nc1C(C)CC. The second-order valence-electron chi connectivity index (χ2n) is 9.57. The molecule has 0 spiro atoms. The van der Waals surface area contributed by atoms with E-state index in [1.165, 1.54) is 0 Å². The Kier molecular flexibility index (Phi) is 10.7. The standard InChI is InChI=1S/C30H38N6O2/c1-6-21(4)29-23(11-10-20(2)3)12-14-25(35-29)33-27(37)16-18-31-19-17-28(38)34-26-15-13-24-9-7-8-22(5)32-30(24)36-26/h7,9-15,21,31H,2,6,8,16-19H2,1,3-5H3,(H,33,35,37)(H,34,36,38)/b11-10-. The van der Waals surface area contributed by atoms with E-state index in [0.717, 1.165) is 40.9 Å². The van der Waals surface area contributed by atoms with E-state index in [9.17, 15) is 9.59 Å². The van der Waals surface area contributed by atoms with Crippen LogP contribution in [0.3, 0.4) is 0 Å². The summed E-state index contributed by atoms with van der Waals surface area (Å²) < 4.78 is 0. The van der Waals surface area contributed by atoms with E-state index in [1.54, 1.807) is 6.07 Å². The van der Waals surface area contributed by atoms with Crippen LogP contribution in [0, 0.1) is 0 Å². The fourth-order valence-electron chi connectivity index (χ4n) is 3.79. The van der Waals surface area contributed by atoms with Gasteiger partial charge in [-0.15, -0.1) is 0 Å². The van der Waals surface area contributed by atoms with Crippen molar-refractivity contribution in [3.05, 3.63) is 65.4 Å². The highest BCUT2D eigenvalue weighted by molar-refractivity contribution is 5.92. The molecule has 0 bridgehead atoms. The summed E-state index contributed by atoms with van der Waals surface area (Å²) in [7, 11) is 0. The van der Waals surface area contributed by atoms with Gasteiger partial charge in [-0.3, -0.25) is 9.59 Å². The number of hydrogen-bond acceptors (Lipinski definition) is 6. The number of carbonyl (C=O) groups is 2. The molecule has 38 heavy (non-hydrogen) atoms. The van der Waals surface area contributed by atoms with Crippen molar-refractivity contribution < 1.29 is 9.59 Å². The number of amides is 2. The molecule has 3 rings (SSSR count). The second-order valence-corrected chi connectivity index (χ2v) is 9.57. The molecule has 1 aliphatic heterocycles. The molecule has 2 aromatic heterocycles. The summed E-state index contributed by atoms with van der Waals surface area (Å²) in [6.07, 6.45) is 10.3. The maximum absolute atomic E-state index is 12.4. The van der Waals surface area contributed by atoms with E-state index in [1.807, 2.05) is 50.3 Å². The van der Waals surface area contributed by atoms with Crippen molar-refractivity contribution in [2.45, 2.75) is 59.3 Å². The molecule has 8 heteroatoms. The van der Waals surface area contributed by atoms with Crippen LogP contribution < -0.4 is 16.0 Å². The predicted molar refractivity (Wildman–Crippen MR) is 157 cm³/mol. The number of allylic oxidation sites excluding steroid dienone is 3. The van der Waals surface area contributed by atoms with Gasteiger partial charge in [0.1, 0.15) is 11.6 Å². The summed E-state index contributed by atoms with van der Waals surface area (Å²) in [5.74, 6) is 1.61. The lowest BCUT2D eigenvalue weighted by Gasteiger charge is -2.14. The van der Waals surface area contributed by atoms with Crippen molar-refractivity contribution in [2.75, 3.05) is 23.7 Å². The number of nitrogens with one attached hydrogen (secondary N) is 3. The molecule has 3 heterocycles. The minimum absolute atomic E-state index is 0.131. The molecule has 0 aliphatic carbocycles. The molecule has 3 N–H and O–H groups in total. The van der Waals surface area contributed by atoms with Gasteiger partial charge in [0.25, 0.3) is 0 Å². The minimum Gasteiger partial charge on any atom is -0.316 e. The van der Waals surface area contributed by atoms with Gasteiger partial charge in [0.05, 0.1) is 5.69 Å². The lowest BCUT2D eigenvalue weighted by molar-refractivity contribution is -0.116. The summed E-state index contributed by atoms with van der Waals surface area (Å²) in [4.78, 5) is 38.5. The van der Waals surface area contributed by atoms with Crippen LogP contribution in [0.4, 0.5) is 17.5 Å². The first-order valence-corrected chi connectivity index (χ1v) is 13.1. The van der Waals surface area contributed by atoms with Crippen LogP contribution in [0.1, 0.15) is 76.1 Å². The number of aliphatic imine (C=N–C) groups is 1. The number of aromatic nitrogens is 2. The average molecular weight is 515 g/mol. The highest BCUT2D eigenvalue weighted by Gasteiger charge is 2.13. The zero-order valence-electron chi connectivity index (χ0n) is 22.8. The van der Waals surface area contributed by atoms with Crippen molar-refractivity contribution in [2.24, 2.45) is 4.99 Å². The van der Waals surface area contributed by atoms with Gasteiger partial charge in [-0.05, 0) is 56.0 Å². The summed E-state index contributed by atoms with van der Waals surface area (Å²) in [5, 5.41) is 8.85. The van der Waals surface area contributed by atoms with E-state index < -0.39 is 0 Å². The van der Waals surface area contributed by atoms with Crippen LogP contribution >= 0.6 is 0 Å². The van der Waals surface area contributed by atoms with Crippen molar-refractivity contribution in [1.82, 2.24) is 15.3 Å². The van der Waals surface area contributed by atoms with Crippen LogP contribution in [-0.4, -0.2) is 40.6 Å². The van der Waals surface area contributed by atoms with Gasteiger partial charge in [-0.25, -0.2) is 15.0 Å². The number of rotatable bonds is 12. The zero-order chi connectivity index (χ0) is 27.5. The molecule has 2 aromatic rings. The molecule has 0 saturated carbocycles. The summed E-state index contributed by atoms with van der Waals surface area (Å²) >= 11 is 0.